The number of rotatable bonds is 0. The molecule has 2 aliphatic rings. The lowest BCUT2D eigenvalue weighted by Gasteiger charge is -2.34. The summed E-state index contributed by atoms with van der Waals surface area (Å²) in [7, 11) is 0. The number of carbonyl (C=O) groups is 1. The fraction of sp³-hybridized carbons (Fsp3) is 0.938. The molecule has 0 bridgehead atoms. The number of aliphatic hydroxyl groups excluding tert-OH is 2. The highest BCUT2D eigenvalue weighted by atomic mass is 16.9. The van der Waals surface area contributed by atoms with Crippen molar-refractivity contribution in [1.29, 1.82) is 0 Å². The van der Waals surface area contributed by atoms with E-state index in [2.05, 4.69) is 0 Å². The Kier molecular flexibility index (Phi) is 49.1. The first-order valence-electron chi connectivity index (χ1n) is 7.08. The summed E-state index contributed by atoms with van der Waals surface area (Å²) < 4.78 is 19.2. The van der Waals surface area contributed by atoms with Crippen molar-refractivity contribution in [3.63, 3.8) is 0 Å². The highest BCUT2D eigenvalue weighted by Crippen LogP contribution is 2.19. The molecule has 2 rings (SSSR count). The van der Waals surface area contributed by atoms with Gasteiger partial charge in [0, 0.05) is 0 Å². The molecule has 9 nitrogen and oxygen atoms in total. The second-order valence-electron chi connectivity index (χ2n) is 4.02. The van der Waals surface area contributed by atoms with Crippen molar-refractivity contribution in [3.05, 3.63) is 0 Å². The standard InChI is InChI=1S/C4H8O2.C3H6O2.C3H6O.C2H6.2CH4O2.2CH4/c1-4(2)5-3-6-4;1-3-4-2-5-3;1-3(2)4;1-2;2*2-1-3;;/h3H2,1-2H3;3H,2H2,1H3;1-2H3;1-2H3;2*2-3H,1H2;2*1H4. The van der Waals surface area contributed by atoms with E-state index in [1.165, 1.54) is 13.8 Å². The van der Waals surface area contributed by atoms with Crippen LogP contribution in [0.2, 0.25) is 0 Å². The summed E-state index contributed by atoms with van der Waals surface area (Å²) >= 11 is 0. The zero-order valence-corrected chi connectivity index (χ0v) is 15.2. The Morgan fingerprint density at radius 3 is 1.08 bits per heavy atom. The van der Waals surface area contributed by atoms with E-state index in [1.54, 1.807) is 0 Å². The van der Waals surface area contributed by atoms with Gasteiger partial charge in [-0.3, -0.25) is 0 Å². The first-order chi connectivity index (χ1) is 10.7. The van der Waals surface area contributed by atoms with Crippen molar-refractivity contribution in [1.82, 2.24) is 0 Å². The van der Waals surface area contributed by atoms with Crippen LogP contribution >= 0.6 is 0 Å². The molecule has 2 saturated heterocycles. The monoisotopic (exact) mass is 378 g/mol. The molecular formula is C16H42O9. The molecule has 0 unspecified atom stereocenters. The molecule has 160 valence electrons. The average molecular weight is 379 g/mol. The van der Waals surface area contributed by atoms with Crippen molar-refractivity contribution in [2.75, 3.05) is 27.2 Å². The Hall–Kier alpha value is -0.650. The number of Topliss-reactive ketones (excluding diaryl/α,β-unsaturated/α-hetero) is 1. The van der Waals surface area contributed by atoms with Crippen molar-refractivity contribution in [2.45, 2.75) is 75.4 Å². The molecule has 0 aliphatic carbocycles. The zero-order chi connectivity index (χ0) is 19.3. The van der Waals surface area contributed by atoms with Crippen LogP contribution in [0.3, 0.4) is 0 Å². The fourth-order valence-corrected chi connectivity index (χ4v) is 0.499. The van der Waals surface area contributed by atoms with Crippen molar-refractivity contribution < 1.29 is 44.2 Å². The van der Waals surface area contributed by atoms with Gasteiger partial charge in [-0.25, -0.2) is 0 Å². The molecule has 0 amide bonds. The zero-order valence-electron chi connectivity index (χ0n) is 15.2. The Labute approximate surface area is 153 Å². The number of ketones is 1. The van der Waals surface area contributed by atoms with E-state index >= 15 is 0 Å². The van der Waals surface area contributed by atoms with Crippen molar-refractivity contribution >= 4 is 5.78 Å². The maximum atomic E-state index is 9.44. The van der Waals surface area contributed by atoms with Gasteiger partial charge in [0.2, 0.25) is 0 Å². The van der Waals surface area contributed by atoms with E-state index in [9.17, 15) is 4.79 Å². The van der Waals surface area contributed by atoms with Gasteiger partial charge in [-0.05, 0) is 34.6 Å². The molecule has 0 spiro atoms. The predicted octanol–water partition coefficient (Wildman–Crippen LogP) is 1.81. The summed E-state index contributed by atoms with van der Waals surface area (Å²) in [6.45, 7) is 12.1. The van der Waals surface area contributed by atoms with Crippen LogP contribution in [-0.2, 0) is 23.7 Å². The number of aliphatic hydroxyl groups is 4. The maximum Gasteiger partial charge on any atom is 0.168 e. The molecule has 0 radical (unpaired) electrons. The van der Waals surface area contributed by atoms with Gasteiger partial charge in [-0.1, -0.05) is 28.7 Å². The van der Waals surface area contributed by atoms with Crippen LogP contribution in [0.4, 0.5) is 0 Å². The van der Waals surface area contributed by atoms with E-state index in [0.29, 0.717) is 13.6 Å². The summed E-state index contributed by atoms with van der Waals surface area (Å²) in [6, 6.07) is 0. The third-order valence-corrected chi connectivity index (χ3v) is 1.42. The van der Waals surface area contributed by atoms with E-state index in [1.807, 2.05) is 34.6 Å². The number of hydrogen-bond acceptors (Lipinski definition) is 9. The molecular weight excluding hydrogens is 336 g/mol. The quantitative estimate of drug-likeness (QED) is 0.465. The lowest BCUT2D eigenvalue weighted by molar-refractivity contribution is -0.379. The van der Waals surface area contributed by atoms with Crippen LogP contribution in [-0.4, -0.2) is 65.5 Å². The minimum Gasteiger partial charge on any atom is -0.371 e. The smallest absolute Gasteiger partial charge is 0.168 e. The normalized spacial score (nSPS) is 14.8. The highest BCUT2D eigenvalue weighted by Gasteiger charge is 2.27. The van der Waals surface area contributed by atoms with Crippen molar-refractivity contribution in [2.24, 2.45) is 0 Å². The molecule has 2 fully saturated rings. The topological polar surface area (TPSA) is 135 Å². The first kappa shape index (κ1) is 39.4. The van der Waals surface area contributed by atoms with Crippen LogP contribution in [0, 0.1) is 0 Å². The van der Waals surface area contributed by atoms with E-state index in [0.717, 1.165) is 0 Å². The van der Waals surface area contributed by atoms with Crippen molar-refractivity contribution in [3.8, 4) is 0 Å². The Bertz CT molecular complexity index is 208. The lowest BCUT2D eigenvalue weighted by atomic mass is 10.4. The van der Waals surface area contributed by atoms with E-state index in [4.69, 9.17) is 39.4 Å². The van der Waals surface area contributed by atoms with Crippen LogP contribution in [0.25, 0.3) is 0 Å². The molecule has 2 aliphatic heterocycles. The lowest BCUT2D eigenvalue weighted by Crippen LogP contribution is -2.40. The van der Waals surface area contributed by atoms with Gasteiger partial charge >= 0.3 is 0 Å². The van der Waals surface area contributed by atoms with Gasteiger partial charge < -0.3 is 44.2 Å². The third kappa shape index (κ3) is 59.7. The number of ether oxygens (including phenoxy) is 4. The third-order valence-electron chi connectivity index (χ3n) is 1.42. The van der Waals surface area contributed by atoms with Gasteiger partial charge in [-0.15, -0.1) is 0 Å². The Balaban J connectivity index is -0.0000000444. The number of carbonyl (C=O) groups excluding carboxylic acids is 1. The molecule has 0 aromatic rings. The molecule has 0 saturated carbocycles. The molecule has 0 aromatic carbocycles. The molecule has 2 heterocycles. The molecule has 0 atom stereocenters. The average Bonchev–Trinajstić information content (AvgIpc) is 2.39. The summed E-state index contributed by atoms with van der Waals surface area (Å²) in [4.78, 5) is 9.44. The van der Waals surface area contributed by atoms with Crippen LogP contribution in [0.1, 0.15) is 63.3 Å². The highest BCUT2D eigenvalue weighted by molar-refractivity contribution is 5.72. The molecule has 4 N–H and O–H groups in total. The molecule has 25 heavy (non-hydrogen) atoms. The largest absolute Gasteiger partial charge is 0.371 e. The number of hydrogen-bond donors (Lipinski definition) is 4. The van der Waals surface area contributed by atoms with Gasteiger partial charge in [-0.2, -0.15) is 0 Å². The minimum absolute atomic E-state index is 0. The maximum absolute atomic E-state index is 9.44. The predicted molar refractivity (Wildman–Crippen MR) is 97.4 cm³/mol. The summed E-state index contributed by atoms with van der Waals surface area (Å²) in [5, 5.41) is 28.5. The second-order valence-corrected chi connectivity index (χ2v) is 4.02. The first-order valence-corrected chi connectivity index (χ1v) is 7.08. The van der Waals surface area contributed by atoms with E-state index < -0.39 is 13.6 Å². The fourth-order valence-electron chi connectivity index (χ4n) is 0.499. The Morgan fingerprint density at radius 1 is 0.920 bits per heavy atom. The minimum atomic E-state index is -0.750. The Morgan fingerprint density at radius 2 is 1.08 bits per heavy atom. The summed E-state index contributed by atoms with van der Waals surface area (Å²) in [5.41, 5.74) is 0. The van der Waals surface area contributed by atoms with Gasteiger partial charge in [0.25, 0.3) is 0 Å². The molecule has 9 heteroatoms. The second kappa shape index (κ2) is 31.2. The molecule has 0 aromatic heterocycles. The van der Waals surface area contributed by atoms with Gasteiger partial charge in [0.05, 0.1) is 0 Å². The van der Waals surface area contributed by atoms with Gasteiger partial charge in [0.1, 0.15) is 19.4 Å². The van der Waals surface area contributed by atoms with Crippen LogP contribution in [0.5, 0.6) is 0 Å². The SMILES string of the molecule is C.C.CC.CC(C)=O.CC1(C)OCO1.CC1OCO1.OCO.OCO. The van der Waals surface area contributed by atoms with Crippen LogP contribution < -0.4 is 0 Å². The summed E-state index contributed by atoms with van der Waals surface area (Å²) in [6.07, 6.45) is 0.0648. The van der Waals surface area contributed by atoms with E-state index in [-0.39, 0.29) is 32.7 Å². The summed E-state index contributed by atoms with van der Waals surface area (Å²) in [5.74, 6) is -0.111. The van der Waals surface area contributed by atoms with Gasteiger partial charge in [0.15, 0.2) is 25.7 Å². The van der Waals surface area contributed by atoms with Crippen LogP contribution in [0.15, 0.2) is 0 Å².